The molecule has 3 aliphatic carbocycles. The van der Waals surface area contributed by atoms with Crippen molar-refractivity contribution >= 4 is 5.91 Å². The fraction of sp³-hybridized carbons (Fsp3) is 0.947. The van der Waals surface area contributed by atoms with Crippen molar-refractivity contribution in [1.29, 1.82) is 0 Å². The number of fused-ring (bicyclic) bond motifs is 5. The number of amides is 1. The van der Waals surface area contributed by atoms with Gasteiger partial charge in [-0.2, -0.15) is 0 Å². The third-order valence-corrected chi connectivity index (χ3v) is 8.55. The van der Waals surface area contributed by atoms with E-state index in [9.17, 15) is 9.90 Å². The molecule has 0 bridgehead atoms. The molecule has 4 fully saturated rings. The summed E-state index contributed by atoms with van der Waals surface area (Å²) in [6.45, 7) is 4.80. The first-order valence-corrected chi connectivity index (χ1v) is 9.32. The van der Waals surface area contributed by atoms with Gasteiger partial charge in [-0.25, -0.2) is 0 Å². The van der Waals surface area contributed by atoms with Crippen molar-refractivity contribution in [3.63, 3.8) is 0 Å². The molecule has 1 aliphatic heterocycles. The van der Waals surface area contributed by atoms with Gasteiger partial charge in [0.05, 0.1) is 6.10 Å². The highest BCUT2D eigenvalue weighted by molar-refractivity contribution is 5.77. The summed E-state index contributed by atoms with van der Waals surface area (Å²) in [6.07, 6.45) is 8.84. The Balaban J connectivity index is 1.66. The summed E-state index contributed by atoms with van der Waals surface area (Å²) in [5.41, 5.74) is 0.431. The van der Waals surface area contributed by atoms with Crippen molar-refractivity contribution in [2.45, 2.75) is 76.9 Å². The Morgan fingerprint density at radius 1 is 1.00 bits per heavy atom. The smallest absolute Gasteiger partial charge is 0.222 e. The molecule has 3 nitrogen and oxygen atoms in total. The molecule has 0 aromatic heterocycles. The molecule has 0 aromatic carbocycles. The van der Waals surface area contributed by atoms with Gasteiger partial charge in [0, 0.05) is 19.0 Å². The maximum atomic E-state index is 12.2. The number of aliphatic hydroxyl groups excluding tert-OH is 1. The lowest BCUT2D eigenvalue weighted by Gasteiger charge is -2.61. The molecule has 0 spiro atoms. The van der Waals surface area contributed by atoms with E-state index < -0.39 is 0 Å². The SMILES string of the molecule is CN1C(=O)CCC2C3CCC4[C@@H](O)CC[C@]4(C)C3CC[C@@]21C. The quantitative estimate of drug-likeness (QED) is 0.746. The fourth-order valence-electron chi connectivity index (χ4n) is 7.12. The zero-order valence-corrected chi connectivity index (χ0v) is 14.3. The van der Waals surface area contributed by atoms with Crippen LogP contribution in [0.1, 0.15) is 65.2 Å². The Kier molecular flexibility index (Phi) is 3.21. The molecule has 4 aliphatic rings. The lowest BCUT2D eigenvalue weighted by molar-refractivity contribution is -0.160. The largest absolute Gasteiger partial charge is 0.393 e. The number of nitrogens with zero attached hydrogens (tertiary/aromatic N) is 1. The minimum Gasteiger partial charge on any atom is -0.393 e. The lowest BCUT2D eigenvalue weighted by Crippen LogP contribution is -2.63. The highest BCUT2D eigenvalue weighted by Gasteiger charge is 2.60. The van der Waals surface area contributed by atoms with Crippen LogP contribution >= 0.6 is 0 Å². The zero-order chi connectivity index (χ0) is 15.7. The first kappa shape index (κ1) is 15.0. The highest BCUT2D eigenvalue weighted by Crippen LogP contribution is 2.64. The number of carbonyl (C=O) groups is 1. The monoisotopic (exact) mass is 305 g/mol. The number of likely N-dealkylation sites (tertiary alicyclic amines) is 1. The molecule has 1 saturated heterocycles. The Labute approximate surface area is 134 Å². The van der Waals surface area contributed by atoms with Crippen molar-refractivity contribution < 1.29 is 9.90 Å². The highest BCUT2D eigenvalue weighted by atomic mass is 16.3. The molecule has 4 rings (SSSR count). The van der Waals surface area contributed by atoms with Gasteiger partial charge in [-0.1, -0.05) is 6.92 Å². The zero-order valence-electron chi connectivity index (χ0n) is 14.3. The van der Waals surface area contributed by atoms with Crippen molar-refractivity contribution in [1.82, 2.24) is 4.90 Å². The molecule has 7 atom stereocenters. The molecule has 124 valence electrons. The maximum absolute atomic E-state index is 12.2. The molecular weight excluding hydrogens is 274 g/mol. The van der Waals surface area contributed by atoms with Crippen LogP contribution in [0.25, 0.3) is 0 Å². The second-order valence-electron chi connectivity index (χ2n) is 9.06. The predicted octanol–water partition coefficient (Wildman–Crippen LogP) is 3.21. The van der Waals surface area contributed by atoms with E-state index in [1.54, 1.807) is 0 Å². The van der Waals surface area contributed by atoms with E-state index in [-0.39, 0.29) is 11.6 Å². The van der Waals surface area contributed by atoms with Crippen molar-refractivity contribution in [2.24, 2.45) is 29.1 Å². The minimum atomic E-state index is -0.0603. The van der Waals surface area contributed by atoms with Gasteiger partial charge in [0.1, 0.15) is 0 Å². The molecule has 1 heterocycles. The summed E-state index contributed by atoms with van der Waals surface area (Å²) < 4.78 is 0. The average molecular weight is 305 g/mol. The molecule has 3 saturated carbocycles. The lowest BCUT2D eigenvalue weighted by atomic mass is 9.48. The third kappa shape index (κ3) is 1.75. The fourth-order valence-corrected chi connectivity index (χ4v) is 7.12. The number of carbonyl (C=O) groups excluding carboxylic acids is 1. The van der Waals surface area contributed by atoms with Gasteiger partial charge in [0.25, 0.3) is 0 Å². The predicted molar refractivity (Wildman–Crippen MR) is 86.2 cm³/mol. The second kappa shape index (κ2) is 4.72. The van der Waals surface area contributed by atoms with Crippen molar-refractivity contribution in [2.75, 3.05) is 7.05 Å². The van der Waals surface area contributed by atoms with Crippen LogP contribution in [0.4, 0.5) is 0 Å². The summed E-state index contributed by atoms with van der Waals surface area (Å²) in [5.74, 6) is 3.07. The summed E-state index contributed by atoms with van der Waals surface area (Å²) in [5, 5.41) is 10.4. The van der Waals surface area contributed by atoms with Crippen LogP contribution in [0.3, 0.4) is 0 Å². The van der Waals surface area contributed by atoms with E-state index in [0.29, 0.717) is 23.2 Å². The minimum absolute atomic E-state index is 0.0603. The Hall–Kier alpha value is -0.570. The number of aliphatic hydroxyl groups is 1. The maximum Gasteiger partial charge on any atom is 0.222 e. The second-order valence-corrected chi connectivity index (χ2v) is 9.06. The van der Waals surface area contributed by atoms with E-state index in [2.05, 4.69) is 18.7 Å². The van der Waals surface area contributed by atoms with Gasteiger partial charge in [0.15, 0.2) is 0 Å². The van der Waals surface area contributed by atoms with Gasteiger partial charge >= 0.3 is 0 Å². The summed E-state index contributed by atoms with van der Waals surface area (Å²) in [4.78, 5) is 14.3. The first-order valence-electron chi connectivity index (χ1n) is 9.32. The number of piperidine rings is 1. The normalized spacial score (nSPS) is 54.6. The van der Waals surface area contributed by atoms with Crippen molar-refractivity contribution in [3.8, 4) is 0 Å². The van der Waals surface area contributed by atoms with Crippen LogP contribution in [0.5, 0.6) is 0 Å². The molecule has 1 N–H and O–H groups in total. The average Bonchev–Trinajstić information content (AvgIpc) is 2.79. The molecule has 22 heavy (non-hydrogen) atoms. The van der Waals surface area contributed by atoms with E-state index in [4.69, 9.17) is 0 Å². The van der Waals surface area contributed by atoms with Gasteiger partial charge in [-0.15, -0.1) is 0 Å². The van der Waals surface area contributed by atoms with Crippen LogP contribution in [0.15, 0.2) is 0 Å². The summed E-state index contributed by atoms with van der Waals surface area (Å²) in [6, 6.07) is 0. The summed E-state index contributed by atoms with van der Waals surface area (Å²) >= 11 is 0. The van der Waals surface area contributed by atoms with Gasteiger partial charge in [-0.05, 0) is 81.0 Å². The van der Waals surface area contributed by atoms with Gasteiger partial charge < -0.3 is 10.0 Å². The number of rotatable bonds is 0. The van der Waals surface area contributed by atoms with Crippen LogP contribution < -0.4 is 0 Å². The van der Waals surface area contributed by atoms with Gasteiger partial charge in [0.2, 0.25) is 5.91 Å². The molecule has 3 heteroatoms. The van der Waals surface area contributed by atoms with E-state index in [1.807, 2.05) is 7.05 Å². The number of hydrogen-bond donors (Lipinski definition) is 1. The van der Waals surface area contributed by atoms with E-state index in [0.717, 1.165) is 37.5 Å². The van der Waals surface area contributed by atoms with E-state index in [1.165, 1.54) is 25.7 Å². The first-order chi connectivity index (χ1) is 10.4. The summed E-state index contributed by atoms with van der Waals surface area (Å²) in [7, 11) is 2.03. The molecule has 0 radical (unpaired) electrons. The van der Waals surface area contributed by atoms with Crippen LogP contribution in [0, 0.1) is 29.1 Å². The van der Waals surface area contributed by atoms with Crippen LogP contribution in [-0.2, 0) is 4.79 Å². The van der Waals surface area contributed by atoms with Crippen LogP contribution in [-0.4, -0.2) is 34.6 Å². The number of hydrogen-bond acceptors (Lipinski definition) is 2. The van der Waals surface area contributed by atoms with E-state index >= 15 is 0 Å². The van der Waals surface area contributed by atoms with Gasteiger partial charge in [-0.3, -0.25) is 4.79 Å². The molecule has 4 unspecified atom stereocenters. The topological polar surface area (TPSA) is 40.5 Å². The third-order valence-electron chi connectivity index (χ3n) is 8.55. The standard InChI is InChI=1S/C19H31NO2/c1-18-10-9-16(21)15(18)5-4-12-13(18)8-11-19(2)14(12)6-7-17(22)20(19)3/h12-16,21H,4-11H2,1-3H3/t12?,13?,14?,15?,16-,18+,19-/m0/s1. The Bertz CT molecular complexity index is 492. The molecule has 0 aromatic rings. The molecular formula is C19H31NO2. The Morgan fingerprint density at radius 2 is 1.77 bits per heavy atom. The van der Waals surface area contributed by atoms with Crippen LogP contribution in [0.2, 0.25) is 0 Å². The Morgan fingerprint density at radius 3 is 2.55 bits per heavy atom. The van der Waals surface area contributed by atoms with Crippen molar-refractivity contribution in [3.05, 3.63) is 0 Å². The molecule has 1 amide bonds.